The van der Waals surface area contributed by atoms with Gasteiger partial charge in [-0.25, -0.2) is 0 Å². The maximum absolute atomic E-state index is 12.6. The summed E-state index contributed by atoms with van der Waals surface area (Å²) in [5, 5.41) is 3.61. The van der Waals surface area contributed by atoms with Crippen LogP contribution in [-0.4, -0.2) is 30.6 Å². The van der Waals surface area contributed by atoms with Gasteiger partial charge >= 0.3 is 0 Å². The van der Waals surface area contributed by atoms with E-state index in [1.807, 2.05) is 6.92 Å². The normalized spacial score (nSPS) is 16.7. The molecule has 154 valence electrons. The van der Waals surface area contributed by atoms with Crippen LogP contribution in [0.2, 0.25) is 10.0 Å². The Kier molecular flexibility index (Phi) is 6.55. The van der Waals surface area contributed by atoms with Crippen LogP contribution in [0.3, 0.4) is 0 Å². The molecule has 0 aromatic heterocycles. The molecule has 0 aliphatic carbocycles. The smallest absolute Gasteiger partial charge is 0.267 e. The molecule has 29 heavy (non-hydrogen) atoms. The Morgan fingerprint density at radius 2 is 2.03 bits per heavy atom. The summed E-state index contributed by atoms with van der Waals surface area (Å²) in [5.41, 5.74) is 1.18. The number of carbonyl (C=O) groups excluding carboxylic acids is 2. The largest absolute Gasteiger partial charge is 0.479 e. The molecule has 1 N–H and O–H groups in total. The van der Waals surface area contributed by atoms with Crippen molar-refractivity contribution in [2.24, 2.45) is 0 Å². The third kappa shape index (κ3) is 4.77. The summed E-state index contributed by atoms with van der Waals surface area (Å²) in [4.78, 5) is 26.7. The SMILES string of the molecule is CCCN1C(=O)C(C)Oc2ccc(NC(=O)C(C)Oc3ccc(Cl)cc3Cl)cc21. The van der Waals surface area contributed by atoms with Crippen LogP contribution in [0.15, 0.2) is 36.4 Å². The van der Waals surface area contributed by atoms with Gasteiger partial charge in [-0.2, -0.15) is 0 Å². The number of nitrogens with zero attached hydrogens (tertiary/aromatic N) is 1. The van der Waals surface area contributed by atoms with Crippen LogP contribution >= 0.6 is 23.2 Å². The zero-order valence-corrected chi connectivity index (χ0v) is 17.9. The zero-order chi connectivity index (χ0) is 21.1. The Hall–Kier alpha value is -2.44. The van der Waals surface area contributed by atoms with Gasteiger partial charge in [-0.05, 0) is 56.7 Å². The first-order valence-corrected chi connectivity index (χ1v) is 10.1. The maximum Gasteiger partial charge on any atom is 0.267 e. The van der Waals surface area contributed by atoms with E-state index in [-0.39, 0.29) is 11.8 Å². The highest BCUT2D eigenvalue weighted by Crippen LogP contribution is 2.36. The number of carbonyl (C=O) groups is 2. The van der Waals surface area contributed by atoms with Crippen LogP contribution in [0.4, 0.5) is 11.4 Å². The fraction of sp³-hybridized carbons (Fsp3) is 0.333. The third-order valence-electron chi connectivity index (χ3n) is 4.45. The summed E-state index contributed by atoms with van der Waals surface area (Å²) in [6.45, 7) is 5.92. The topological polar surface area (TPSA) is 67.9 Å². The summed E-state index contributed by atoms with van der Waals surface area (Å²) in [6, 6.07) is 10.0. The lowest BCUT2D eigenvalue weighted by molar-refractivity contribution is -0.125. The van der Waals surface area contributed by atoms with Crippen LogP contribution in [0, 0.1) is 0 Å². The molecule has 2 aromatic carbocycles. The van der Waals surface area contributed by atoms with E-state index in [9.17, 15) is 9.59 Å². The fourth-order valence-electron chi connectivity index (χ4n) is 3.00. The molecule has 1 aliphatic rings. The highest BCUT2D eigenvalue weighted by atomic mass is 35.5. The van der Waals surface area contributed by atoms with Crippen molar-refractivity contribution in [3.63, 3.8) is 0 Å². The molecule has 1 aliphatic heterocycles. The molecule has 8 heteroatoms. The number of halogens is 2. The zero-order valence-electron chi connectivity index (χ0n) is 16.4. The Morgan fingerprint density at radius 1 is 1.28 bits per heavy atom. The molecule has 1 heterocycles. The molecule has 0 saturated carbocycles. The summed E-state index contributed by atoms with van der Waals surface area (Å²) >= 11 is 12.0. The Bertz CT molecular complexity index is 935. The highest BCUT2D eigenvalue weighted by Gasteiger charge is 2.31. The lowest BCUT2D eigenvalue weighted by Crippen LogP contribution is -2.44. The molecule has 3 rings (SSSR count). The molecule has 6 nitrogen and oxygen atoms in total. The second kappa shape index (κ2) is 8.93. The predicted octanol–water partition coefficient (Wildman–Crippen LogP) is 4.92. The monoisotopic (exact) mass is 436 g/mol. The van der Waals surface area contributed by atoms with Gasteiger partial charge < -0.3 is 19.7 Å². The van der Waals surface area contributed by atoms with Crippen LogP contribution in [0.5, 0.6) is 11.5 Å². The average Bonchev–Trinajstić information content (AvgIpc) is 2.68. The van der Waals surface area contributed by atoms with E-state index in [1.165, 1.54) is 0 Å². The Labute approximate surface area is 179 Å². The minimum absolute atomic E-state index is 0.100. The van der Waals surface area contributed by atoms with Crippen LogP contribution in [0.25, 0.3) is 0 Å². The second-order valence-corrected chi connectivity index (χ2v) is 7.60. The van der Waals surface area contributed by atoms with E-state index >= 15 is 0 Å². The predicted molar refractivity (Wildman–Crippen MR) is 114 cm³/mol. The summed E-state index contributed by atoms with van der Waals surface area (Å²) in [6.07, 6.45) is -0.525. The number of hydrogen-bond acceptors (Lipinski definition) is 4. The van der Waals surface area contributed by atoms with Crippen molar-refractivity contribution >= 4 is 46.4 Å². The number of amides is 2. The van der Waals surface area contributed by atoms with Crippen LogP contribution in [0.1, 0.15) is 27.2 Å². The molecular formula is C21H22Cl2N2O4. The van der Waals surface area contributed by atoms with Gasteiger partial charge in [0.1, 0.15) is 11.5 Å². The quantitative estimate of drug-likeness (QED) is 0.697. The van der Waals surface area contributed by atoms with Crippen molar-refractivity contribution in [2.45, 2.75) is 39.4 Å². The lowest BCUT2D eigenvalue weighted by Gasteiger charge is -2.33. The van der Waals surface area contributed by atoms with Gasteiger partial charge in [0, 0.05) is 17.3 Å². The minimum Gasteiger partial charge on any atom is -0.479 e. The number of nitrogens with one attached hydrogen (secondary N) is 1. The molecule has 2 aromatic rings. The number of rotatable bonds is 6. The minimum atomic E-state index is -0.797. The van der Waals surface area contributed by atoms with Crippen molar-refractivity contribution in [1.82, 2.24) is 0 Å². The summed E-state index contributed by atoms with van der Waals surface area (Å²) in [5.74, 6) is 0.526. The molecule has 0 radical (unpaired) electrons. The van der Waals surface area contributed by atoms with Gasteiger partial charge in [0.15, 0.2) is 12.2 Å². The first kappa shape index (κ1) is 21.3. The van der Waals surface area contributed by atoms with E-state index in [0.717, 1.165) is 6.42 Å². The maximum atomic E-state index is 12.6. The number of hydrogen-bond donors (Lipinski definition) is 1. The molecule has 0 saturated heterocycles. The Balaban J connectivity index is 1.74. The Morgan fingerprint density at radius 3 is 2.72 bits per heavy atom. The highest BCUT2D eigenvalue weighted by molar-refractivity contribution is 6.35. The van der Waals surface area contributed by atoms with Gasteiger partial charge in [-0.1, -0.05) is 30.1 Å². The van der Waals surface area contributed by atoms with E-state index in [1.54, 1.807) is 55.1 Å². The van der Waals surface area contributed by atoms with Crippen LogP contribution in [-0.2, 0) is 9.59 Å². The van der Waals surface area contributed by atoms with Gasteiger partial charge in [-0.3, -0.25) is 9.59 Å². The number of benzene rings is 2. The van der Waals surface area contributed by atoms with E-state index < -0.39 is 12.2 Å². The number of fused-ring (bicyclic) bond motifs is 1. The number of ether oxygens (including phenoxy) is 2. The molecule has 2 atom stereocenters. The molecule has 2 amide bonds. The third-order valence-corrected chi connectivity index (χ3v) is 4.98. The van der Waals surface area contributed by atoms with E-state index in [4.69, 9.17) is 32.7 Å². The van der Waals surface area contributed by atoms with Crippen LogP contribution < -0.4 is 19.7 Å². The first-order valence-electron chi connectivity index (χ1n) is 9.34. The second-order valence-electron chi connectivity index (χ2n) is 6.76. The summed E-state index contributed by atoms with van der Waals surface area (Å²) in [7, 11) is 0. The van der Waals surface area contributed by atoms with Crippen molar-refractivity contribution in [2.75, 3.05) is 16.8 Å². The van der Waals surface area contributed by atoms with Gasteiger partial charge in [0.25, 0.3) is 11.8 Å². The lowest BCUT2D eigenvalue weighted by atomic mass is 10.1. The molecule has 0 bridgehead atoms. The average molecular weight is 437 g/mol. The standard InChI is InChI=1S/C21H22Cl2N2O4/c1-4-9-25-17-11-15(6-8-19(17)29-13(3)21(25)27)24-20(26)12(2)28-18-7-5-14(22)10-16(18)23/h5-8,10-13H,4,9H2,1-3H3,(H,24,26). The van der Waals surface area contributed by atoms with Gasteiger partial charge in [-0.15, -0.1) is 0 Å². The first-order chi connectivity index (χ1) is 13.8. The van der Waals surface area contributed by atoms with Gasteiger partial charge in [0.05, 0.1) is 10.7 Å². The number of anilines is 2. The molecular weight excluding hydrogens is 415 g/mol. The van der Waals surface area contributed by atoms with Crippen molar-refractivity contribution < 1.29 is 19.1 Å². The summed E-state index contributed by atoms with van der Waals surface area (Å²) < 4.78 is 11.3. The van der Waals surface area contributed by atoms with Crippen molar-refractivity contribution in [1.29, 1.82) is 0 Å². The van der Waals surface area contributed by atoms with Gasteiger partial charge in [0.2, 0.25) is 0 Å². The molecule has 0 fully saturated rings. The molecule has 2 unspecified atom stereocenters. The van der Waals surface area contributed by atoms with E-state index in [2.05, 4.69) is 5.32 Å². The fourth-order valence-corrected chi connectivity index (χ4v) is 3.45. The van der Waals surface area contributed by atoms with E-state index in [0.29, 0.717) is 39.5 Å². The molecule has 0 spiro atoms. The van der Waals surface area contributed by atoms with Crippen molar-refractivity contribution in [3.05, 3.63) is 46.4 Å². The van der Waals surface area contributed by atoms with Crippen molar-refractivity contribution in [3.8, 4) is 11.5 Å².